The molecule has 0 bridgehead atoms. The fourth-order valence-corrected chi connectivity index (χ4v) is 3.11. The highest BCUT2D eigenvalue weighted by molar-refractivity contribution is 7.99. The number of rotatable bonds is 4. The number of halogens is 1. The Morgan fingerprint density at radius 2 is 2.10 bits per heavy atom. The van der Waals surface area contributed by atoms with Crippen LogP contribution in [-0.2, 0) is 10.5 Å². The third-order valence-corrected chi connectivity index (χ3v) is 4.43. The second kappa shape index (κ2) is 8.55. The van der Waals surface area contributed by atoms with Crippen molar-refractivity contribution in [3.8, 4) is 0 Å². The van der Waals surface area contributed by atoms with Gasteiger partial charge in [0.1, 0.15) is 0 Å². The minimum atomic E-state index is 0. The van der Waals surface area contributed by atoms with E-state index < -0.39 is 0 Å². The summed E-state index contributed by atoms with van der Waals surface area (Å²) >= 11 is 1.70. The summed E-state index contributed by atoms with van der Waals surface area (Å²) in [4.78, 5) is 14.1. The fourth-order valence-electron chi connectivity index (χ4n) is 2.23. The Labute approximate surface area is 131 Å². The van der Waals surface area contributed by atoms with Crippen molar-refractivity contribution in [3.05, 3.63) is 35.4 Å². The summed E-state index contributed by atoms with van der Waals surface area (Å²) in [5.41, 5.74) is 2.57. The maximum absolute atomic E-state index is 12.1. The summed E-state index contributed by atoms with van der Waals surface area (Å²) in [5.74, 6) is 1.76. The van der Waals surface area contributed by atoms with Gasteiger partial charge in [-0.1, -0.05) is 29.8 Å². The molecule has 0 aromatic heterocycles. The van der Waals surface area contributed by atoms with Crippen molar-refractivity contribution in [2.75, 3.05) is 25.4 Å². The number of amides is 1. The van der Waals surface area contributed by atoms with Crippen LogP contribution in [-0.4, -0.2) is 42.2 Å². The van der Waals surface area contributed by atoms with E-state index in [1.165, 1.54) is 11.1 Å². The standard InChI is InChI=1S/C15H22N2OS.ClH/c1-12-3-5-14(6-4-12)10-19-11-15(18)17-8-7-16-9-13(17)2;/h3-6,13,16H,7-11H2,1-2H3;1H/t13-;/m1./s1. The van der Waals surface area contributed by atoms with E-state index in [2.05, 4.69) is 43.4 Å². The van der Waals surface area contributed by atoms with Gasteiger partial charge in [-0.3, -0.25) is 4.79 Å². The van der Waals surface area contributed by atoms with Crippen LogP contribution in [0.25, 0.3) is 0 Å². The van der Waals surface area contributed by atoms with Gasteiger partial charge in [0.15, 0.2) is 0 Å². The van der Waals surface area contributed by atoms with Crippen LogP contribution in [0.15, 0.2) is 24.3 Å². The minimum absolute atomic E-state index is 0. The molecule has 20 heavy (non-hydrogen) atoms. The van der Waals surface area contributed by atoms with Gasteiger partial charge < -0.3 is 10.2 Å². The largest absolute Gasteiger partial charge is 0.337 e. The average Bonchev–Trinajstić information content (AvgIpc) is 2.41. The molecule has 1 atom stereocenters. The Morgan fingerprint density at radius 1 is 1.40 bits per heavy atom. The van der Waals surface area contributed by atoms with E-state index in [1.54, 1.807) is 11.8 Å². The Hall–Kier alpha value is -0.710. The summed E-state index contributed by atoms with van der Waals surface area (Å²) in [6.45, 7) is 6.86. The number of aryl methyl sites for hydroxylation is 1. The van der Waals surface area contributed by atoms with Gasteiger partial charge in [0, 0.05) is 31.4 Å². The van der Waals surface area contributed by atoms with Gasteiger partial charge in [0.25, 0.3) is 0 Å². The maximum Gasteiger partial charge on any atom is 0.232 e. The SMILES string of the molecule is Cc1ccc(CSCC(=O)N2CCNC[C@H]2C)cc1.Cl. The van der Waals surface area contributed by atoms with Crippen LogP contribution in [0, 0.1) is 6.92 Å². The third kappa shape index (κ3) is 5.00. The molecule has 2 rings (SSSR count). The normalized spacial score (nSPS) is 18.5. The van der Waals surface area contributed by atoms with Crippen LogP contribution in [0.4, 0.5) is 0 Å². The van der Waals surface area contributed by atoms with Gasteiger partial charge >= 0.3 is 0 Å². The number of carbonyl (C=O) groups excluding carboxylic acids is 1. The third-order valence-electron chi connectivity index (χ3n) is 3.44. The van der Waals surface area contributed by atoms with Gasteiger partial charge in [-0.05, 0) is 19.4 Å². The highest BCUT2D eigenvalue weighted by atomic mass is 35.5. The summed E-state index contributed by atoms with van der Waals surface area (Å²) in [5, 5.41) is 3.31. The molecule has 0 saturated carbocycles. The number of carbonyl (C=O) groups is 1. The molecule has 1 heterocycles. The molecule has 1 saturated heterocycles. The summed E-state index contributed by atoms with van der Waals surface area (Å²) in [6.07, 6.45) is 0. The molecule has 0 aliphatic carbocycles. The highest BCUT2D eigenvalue weighted by Crippen LogP contribution is 2.14. The predicted octanol–water partition coefficient (Wildman–Crippen LogP) is 2.47. The lowest BCUT2D eigenvalue weighted by Crippen LogP contribution is -2.52. The molecule has 0 radical (unpaired) electrons. The number of nitrogens with one attached hydrogen (secondary N) is 1. The minimum Gasteiger partial charge on any atom is -0.337 e. The van der Waals surface area contributed by atoms with E-state index in [0.717, 1.165) is 25.4 Å². The molecular weight excluding hydrogens is 292 g/mol. The van der Waals surface area contributed by atoms with Crippen molar-refractivity contribution in [1.82, 2.24) is 10.2 Å². The van der Waals surface area contributed by atoms with Crippen LogP contribution >= 0.6 is 24.2 Å². The van der Waals surface area contributed by atoms with Gasteiger partial charge in [-0.15, -0.1) is 24.2 Å². The number of hydrogen-bond donors (Lipinski definition) is 1. The maximum atomic E-state index is 12.1. The number of piperazine rings is 1. The van der Waals surface area contributed by atoms with E-state index in [4.69, 9.17) is 0 Å². The second-order valence-corrected chi connectivity index (χ2v) is 6.10. The molecule has 3 nitrogen and oxygen atoms in total. The molecule has 1 aromatic carbocycles. The monoisotopic (exact) mass is 314 g/mol. The number of benzene rings is 1. The predicted molar refractivity (Wildman–Crippen MR) is 88.6 cm³/mol. The van der Waals surface area contributed by atoms with Crippen molar-refractivity contribution < 1.29 is 4.79 Å². The molecule has 1 fully saturated rings. The Bertz CT molecular complexity index is 424. The van der Waals surface area contributed by atoms with E-state index in [-0.39, 0.29) is 18.3 Å². The summed E-state index contributed by atoms with van der Waals surface area (Å²) < 4.78 is 0. The lowest BCUT2D eigenvalue weighted by molar-refractivity contribution is -0.131. The van der Waals surface area contributed by atoms with Crippen molar-refractivity contribution >= 4 is 30.1 Å². The number of nitrogens with zero attached hydrogens (tertiary/aromatic N) is 1. The van der Waals surface area contributed by atoms with E-state index in [0.29, 0.717) is 11.8 Å². The Morgan fingerprint density at radius 3 is 2.75 bits per heavy atom. The number of hydrogen-bond acceptors (Lipinski definition) is 3. The Kier molecular flexibility index (Phi) is 7.41. The Balaban J connectivity index is 0.00000200. The van der Waals surface area contributed by atoms with Gasteiger partial charge in [-0.25, -0.2) is 0 Å². The van der Waals surface area contributed by atoms with Crippen molar-refractivity contribution in [3.63, 3.8) is 0 Å². The molecular formula is C15H23ClN2OS. The smallest absolute Gasteiger partial charge is 0.232 e. The van der Waals surface area contributed by atoms with Gasteiger partial charge in [-0.2, -0.15) is 0 Å². The first-order valence-corrected chi connectivity index (χ1v) is 7.96. The summed E-state index contributed by atoms with van der Waals surface area (Å²) in [7, 11) is 0. The molecule has 112 valence electrons. The van der Waals surface area contributed by atoms with Crippen LogP contribution in [0.1, 0.15) is 18.1 Å². The average molecular weight is 315 g/mol. The van der Waals surface area contributed by atoms with Gasteiger partial charge in [0.2, 0.25) is 5.91 Å². The van der Waals surface area contributed by atoms with Crippen molar-refractivity contribution in [2.45, 2.75) is 25.6 Å². The molecule has 0 unspecified atom stereocenters. The first-order valence-electron chi connectivity index (χ1n) is 6.80. The molecule has 1 aromatic rings. The lowest BCUT2D eigenvalue weighted by Gasteiger charge is -2.34. The quantitative estimate of drug-likeness (QED) is 0.926. The fraction of sp³-hybridized carbons (Fsp3) is 0.533. The van der Waals surface area contributed by atoms with Gasteiger partial charge in [0.05, 0.1) is 5.75 Å². The van der Waals surface area contributed by atoms with E-state index >= 15 is 0 Å². The van der Waals surface area contributed by atoms with Crippen molar-refractivity contribution in [1.29, 1.82) is 0 Å². The van der Waals surface area contributed by atoms with Crippen LogP contribution in [0.3, 0.4) is 0 Å². The topological polar surface area (TPSA) is 32.3 Å². The van der Waals surface area contributed by atoms with Crippen LogP contribution < -0.4 is 5.32 Å². The molecule has 0 spiro atoms. The van der Waals surface area contributed by atoms with Crippen molar-refractivity contribution in [2.24, 2.45) is 0 Å². The summed E-state index contributed by atoms with van der Waals surface area (Å²) in [6, 6.07) is 8.84. The molecule has 1 aliphatic rings. The molecule has 5 heteroatoms. The zero-order valence-corrected chi connectivity index (χ0v) is 13.7. The first-order chi connectivity index (χ1) is 9.16. The highest BCUT2D eigenvalue weighted by Gasteiger charge is 2.22. The van der Waals surface area contributed by atoms with Crippen LogP contribution in [0.5, 0.6) is 0 Å². The second-order valence-electron chi connectivity index (χ2n) is 5.12. The zero-order chi connectivity index (χ0) is 13.7. The molecule has 1 aliphatic heterocycles. The zero-order valence-electron chi connectivity index (χ0n) is 12.1. The number of thioether (sulfide) groups is 1. The first kappa shape index (κ1) is 17.3. The molecule has 1 amide bonds. The molecule has 1 N–H and O–H groups in total. The lowest BCUT2D eigenvalue weighted by atomic mass is 10.2. The van der Waals surface area contributed by atoms with E-state index in [9.17, 15) is 4.79 Å². The van der Waals surface area contributed by atoms with Crippen LogP contribution in [0.2, 0.25) is 0 Å². The van der Waals surface area contributed by atoms with E-state index in [1.807, 2.05) is 4.90 Å².